The molecule has 1 aromatic carbocycles. The normalized spacial score (nSPS) is 13.8. The number of fused-ring (bicyclic) bond motifs is 1. The Hall–Kier alpha value is -4.93. The number of hydrogen-bond donors (Lipinski definition) is 2. The van der Waals surface area contributed by atoms with Gasteiger partial charge in [0.25, 0.3) is 11.7 Å². The van der Waals surface area contributed by atoms with Crippen LogP contribution in [0.2, 0.25) is 0 Å². The minimum atomic E-state index is -0.594. The first-order chi connectivity index (χ1) is 19.5. The molecular formula is C29H29N7O4. The first-order valence-corrected chi connectivity index (χ1v) is 13.2. The van der Waals surface area contributed by atoms with Crippen molar-refractivity contribution >= 4 is 28.2 Å². The first kappa shape index (κ1) is 25.4. The van der Waals surface area contributed by atoms with Gasteiger partial charge in [-0.1, -0.05) is 49.8 Å². The van der Waals surface area contributed by atoms with Crippen LogP contribution in [0.25, 0.3) is 22.3 Å². The zero-order chi connectivity index (χ0) is 27.8. The van der Waals surface area contributed by atoms with Crippen LogP contribution in [0.15, 0.2) is 65.1 Å². The SMILES string of the molecule is COc1cnc(-n2cc[nH]2)c2[nH]cc(C(=O)C(=O)N3CCC(=C(c4ccccc4)c4nnc(C(C)C)o4)CC3)c12. The van der Waals surface area contributed by atoms with Gasteiger partial charge in [0.1, 0.15) is 5.75 Å². The number of nitrogens with zero attached hydrogens (tertiary/aromatic N) is 5. The number of rotatable bonds is 7. The topological polar surface area (TPSA) is 135 Å². The van der Waals surface area contributed by atoms with Crippen molar-refractivity contribution in [1.29, 1.82) is 0 Å². The van der Waals surface area contributed by atoms with E-state index in [2.05, 4.69) is 25.3 Å². The van der Waals surface area contributed by atoms with E-state index < -0.39 is 11.7 Å². The van der Waals surface area contributed by atoms with Gasteiger partial charge in [0.15, 0.2) is 5.82 Å². The van der Waals surface area contributed by atoms with Gasteiger partial charge in [-0.25, -0.2) is 9.67 Å². The summed E-state index contributed by atoms with van der Waals surface area (Å²) in [6.07, 6.45) is 7.84. The van der Waals surface area contributed by atoms with Crippen molar-refractivity contribution in [3.05, 3.63) is 83.6 Å². The second-order valence-corrected chi connectivity index (χ2v) is 9.98. The highest BCUT2D eigenvalue weighted by molar-refractivity contribution is 6.45. The fourth-order valence-corrected chi connectivity index (χ4v) is 5.04. The second-order valence-electron chi connectivity index (χ2n) is 9.98. The maximum Gasteiger partial charge on any atom is 0.295 e. The number of ether oxygens (including phenoxy) is 1. The van der Waals surface area contributed by atoms with Crippen LogP contribution in [-0.4, -0.2) is 66.7 Å². The zero-order valence-corrected chi connectivity index (χ0v) is 22.5. The molecule has 1 aliphatic rings. The lowest BCUT2D eigenvalue weighted by Gasteiger charge is -2.29. The predicted octanol–water partition coefficient (Wildman–Crippen LogP) is 4.50. The number of amides is 1. The fourth-order valence-electron chi connectivity index (χ4n) is 5.04. The van der Waals surface area contributed by atoms with Gasteiger partial charge in [0, 0.05) is 43.2 Å². The molecule has 4 aromatic heterocycles. The second kappa shape index (κ2) is 10.3. The van der Waals surface area contributed by atoms with Crippen LogP contribution in [0.1, 0.15) is 60.3 Å². The molecule has 2 N–H and O–H groups in total. The molecule has 0 bridgehead atoms. The number of pyridine rings is 1. The van der Waals surface area contributed by atoms with E-state index in [4.69, 9.17) is 9.15 Å². The Labute approximate surface area is 229 Å². The number of nitrogens with one attached hydrogen (secondary N) is 2. The van der Waals surface area contributed by atoms with Crippen LogP contribution in [0.5, 0.6) is 5.75 Å². The minimum Gasteiger partial charge on any atom is -0.494 e. The number of hydrogen-bond acceptors (Lipinski definition) is 7. The number of carbonyl (C=O) groups is 2. The monoisotopic (exact) mass is 539 g/mol. The molecule has 0 unspecified atom stereocenters. The Morgan fingerprint density at radius 3 is 2.48 bits per heavy atom. The van der Waals surface area contributed by atoms with Crippen LogP contribution in [-0.2, 0) is 4.79 Å². The molecule has 0 aliphatic carbocycles. The molecule has 11 nitrogen and oxygen atoms in total. The smallest absolute Gasteiger partial charge is 0.295 e. The molecular weight excluding hydrogens is 510 g/mol. The van der Waals surface area contributed by atoms with Crippen LogP contribution in [0.4, 0.5) is 0 Å². The van der Waals surface area contributed by atoms with Gasteiger partial charge in [-0.2, -0.15) is 0 Å². The van der Waals surface area contributed by atoms with Crippen molar-refractivity contribution in [2.75, 3.05) is 20.2 Å². The highest BCUT2D eigenvalue weighted by Gasteiger charge is 2.31. The molecule has 0 saturated carbocycles. The van der Waals surface area contributed by atoms with Gasteiger partial charge in [0.05, 0.1) is 29.8 Å². The predicted molar refractivity (Wildman–Crippen MR) is 147 cm³/mol. The van der Waals surface area contributed by atoms with Crippen molar-refractivity contribution < 1.29 is 18.7 Å². The molecule has 0 spiro atoms. The number of carbonyl (C=O) groups excluding carboxylic acids is 2. The number of benzene rings is 1. The third kappa shape index (κ3) is 4.39. The van der Waals surface area contributed by atoms with E-state index in [9.17, 15) is 9.59 Å². The molecule has 1 fully saturated rings. The molecule has 1 amide bonds. The van der Waals surface area contributed by atoms with Crippen molar-refractivity contribution in [3.8, 4) is 11.6 Å². The maximum atomic E-state index is 13.5. The zero-order valence-electron chi connectivity index (χ0n) is 22.5. The summed E-state index contributed by atoms with van der Waals surface area (Å²) in [6, 6.07) is 9.93. The van der Waals surface area contributed by atoms with Gasteiger partial charge in [0.2, 0.25) is 11.8 Å². The number of H-pyrrole nitrogens is 2. The molecule has 5 heterocycles. The van der Waals surface area contributed by atoms with E-state index in [1.54, 1.807) is 28.2 Å². The number of piperidine rings is 1. The Morgan fingerprint density at radius 1 is 1.10 bits per heavy atom. The summed E-state index contributed by atoms with van der Waals surface area (Å²) in [4.78, 5) is 36.1. The molecule has 0 atom stereocenters. The summed E-state index contributed by atoms with van der Waals surface area (Å²) in [5, 5.41) is 12.1. The molecule has 5 aromatic rings. The van der Waals surface area contributed by atoms with Crippen molar-refractivity contribution in [3.63, 3.8) is 0 Å². The van der Waals surface area contributed by atoms with Crippen molar-refractivity contribution in [1.82, 2.24) is 34.8 Å². The van der Waals surface area contributed by atoms with Crippen LogP contribution >= 0.6 is 0 Å². The van der Waals surface area contributed by atoms with Gasteiger partial charge in [-0.3, -0.25) is 14.7 Å². The lowest BCUT2D eigenvalue weighted by molar-refractivity contribution is -0.126. The summed E-state index contributed by atoms with van der Waals surface area (Å²) in [7, 11) is 1.51. The Kier molecular flexibility index (Phi) is 6.54. The van der Waals surface area contributed by atoms with Crippen LogP contribution < -0.4 is 4.74 Å². The maximum absolute atomic E-state index is 13.5. The lowest BCUT2D eigenvalue weighted by atomic mass is 9.92. The van der Waals surface area contributed by atoms with E-state index in [1.165, 1.54) is 7.11 Å². The largest absolute Gasteiger partial charge is 0.494 e. The van der Waals surface area contributed by atoms with Gasteiger partial charge in [-0.15, -0.1) is 10.2 Å². The molecule has 11 heteroatoms. The molecule has 6 rings (SSSR count). The van der Waals surface area contributed by atoms with E-state index in [0.717, 1.165) is 16.7 Å². The van der Waals surface area contributed by atoms with Crippen LogP contribution in [0.3, 0.4) is 0 Å². The van der Waals surface area contributed by atoms with Gasteiger partial charge >= 0.3 is 0 Å². The fraction of sp³-hybridized carbons (Fsp3) is 0.276. The lowest BCUT2D eigenvalue weighted by Crippen LogP contribution is -2.40. The van der Waals surface area contributed by atoms with E-state index in [1.807, 2.05) is 50.4 Å². The minimum absolute atomic E-state index is 0.113. The highest BCUT2D eigenvalue weighted by Crippen LogP contribution is 2.34. The quantitative estimate of drug-likeness (QED) is 0.230. The summed E-state index contributed by atoms with van der Waals surface area (Å²) >= 11 is 0. The third-order valence-corrected chi connectivity index (χ3v) is 7.20. The molecule has 40 heavy (non-hydrogen) atoms. The van der Waals surface area contributed by atoms with Crippen LogP contribution in [0, 0.1) is 0 Å². The Bertz CT molecular complexity index is 1700. The van der Waals surface area contributed by atoms with Gasteiger partial charge in [-0.05, 0) is 18.4 Å². The van der Waals surface area contributed by atoms with E-state index in [-0.39, 0.29) is 11.5 Å². The Balaban J connectivity index is 1.27. The summed E-state index contributed by atoms with van der Waals surface area (Å²) < 4.78 is 13.2. The standard InChI is InChI=1S/C29H29N7O4/c1-17(2)27-33-34-28(40-27)22(18-7-5-4-6-8-18)19-9-12-35(13-10-19)29(38)25(37)20-15-30-24-23(20)21(39-3)16-31-26(24)36-14-11-32-36/h4-8,11,14-17,30,32H,9-10,12-13H2,1-3H3. The number of aromatic amines is 2. The average molecular weight is 540 g/mol. The molecule has 1 aliphatic heterocycles. The number of Topliss-reactive ketones (excluding diaryl/α,β-unsaturated/α-hetero) is 1. The molecule has 0 radical (unpaired) electrons. The molecule has 204 valence electrons. The Morgan fingerprint density at radius 2 is 1.85 bits per heavy atom. The summed E-state index contributed by atoms with van der Waals surface area (Å²) in [6.45, 7) is 4.81. The number of aromatic nitrogens is 6. The molecule has 1 saturated heterocycles. The van der Waals surface area contributed by atoms with Crippen molar-refractivity contribution in [2.24, 2.45) is 0 Å². The first-order valence-electron chi connectivity index (χ1n) is 13.2. The summed E-state index contributed by atoms with van der Waals surface area (Å²) in [5.74, 6) is 1.01. The summed E-state index contributed by atoms with van der Waals surface area (Å²) in [5.41, 5.74) is 3.84. The van der Waals surface area contributed by atoms with Gasteiger partial charge < -0.3 is 19.0 Å². The van der Waals surface area contributed by atoms with E-state index in [0.29, 0.717) is 60.2 Å². The number of methoxy groups -OCH3 is 1. The highest BCUT2D eigenvalue weighted by atomic mass is 16.5. The number of likely N-dealkylation sites (tertiary alicyclic amines) is 1. The third-order valence-electron chi connectivity index (χ3n) is 7.20. The van der Waals surface area contributed by atoms with Crippen molar-refractivity contribution in [2.45, 2.75) is 32.6 Å². The number of ketones is 1. The average Bonchev–Trinajstić information content (AvgIpc) is 3.61. The van der Waals surface area contributed by atoms with E-state index >= 15 is 0 Å².